The molecule has 0 amide bonds. The van der Waals surface area contributed by atoms with Crippen LogP contribution in [0.3, 0.4) is 0 Å². The Bertz CT molecular complexity index is 3270. The van der Waals surface area contributed by atoms with Crippen LogP contribution >= 0.6 is 92.8 Å². The molecule has 472 valence electrons. The minimum Gasteiger partial charge on any atom is -0.754 e. The number of halogens is 8. The van der Waals surface area contributed by atoms with Crippen LogP contribution < -0.4 is 226 Å². The Labute approximate surface area is 738 Å². The van der Waals surface area contributed by atoms with Crippen molar-refractivity contribution >= 4 is 175 Å². The summed E-state index contributed by atoms with van der Waals surface area (Å²) in [5.41, 5.74) is 2.37. The van der Waals surface area contributed by atoms with Gasteiger partial charge in [0.2, 0.25) is 0 Å². The van der Waals surface area contributed by atoms with E-state index in [-0.39, 0.29) is 308 Å². The Hall–Kier alpha value is 5.33. The monoisotopic (exact) mass is 1620 g/mol. The number of alkyl halides is 8. The van der Waals surface area contributed by atoms with Crippen molar-refractivity contribution in [3.8, 4) is 0 Å². The first-order valence-electron chi connectivity index (χ1n) is 21.5. The van der Waals surface area contributed by atoms with Crippen LogP contribution in [0.25, 0.3) is 0 Å². The van der Waals surface area contributed by atoms with Crippen molar-refractivity contribution in [1.82, 2.24) is 0 Å². The predicted octanol–water partition coefficient (Wildman–Crippen LogP) is -18.8. The van der Waals surface area contributed by atoms with E-state index >= 15 is 0 Å². The predicted molar refractivity (Wildman–Crippen MR) is 300 cm³/mol. The van der Waals surface area contributed by atoms with Gasteiger partial charge in [-0.2, -0.15) is 23.8 Å². The summed E-state index contributed by atoms with van der Waals surface area (Å²) in [5.74, 6) is 2.18. The molecule has 0 aromatic heterocycles. The zero-order valence-corrected chi connectivity index (χ0v) is 73.9. The van der Waals surface area contributed by atoms with Crippen LogP contribution in [0.2, 0.25) is 0 Å². The second-order valence-electron chi connectivity index (χ2n) is 14.5. The molecule has 0 radical (unpaired) electrons. The maximum atomic E-state index is 11.2. The molecule has 0 bridgehead atoms. The average molecular weight is 1630 g/mol. The molecular formula is C42H48Cl8KLi3Na4O24S8. The third kappa shape index (κ3) is 65.4. The Morgan fingerprint density at radius 2 is 0.656 bits per heavy atom. The van der Waals surface area contributed by atoms with E-state index < -0.39 is 102 Å². The Morgan fingerprint density at radius 3 is 0.911 bits per heavy atom. The zero-order valence-electron chi connectivity index (χ0n) is 50.2. The zero-order chi connectivity index (χ0) is 64.9. The maximum absolute atomic E-state index is 11.2. The van der Waals surface area contributed by atoms with Crippen molar-refractivity contribution in [3.63, 3.8) is 0 Å². The van der Waals surface area contributed by atoms with Gasteiger partial charge in [0.05, 0.1) is 40.1 Å². The van der Waals surface area contributed by atoms with Crippen molar-refractivity contribution in [2.24, 2.45) is 0 Å². The molecule has 48 heteroatoms. The molecule has 0 spiro atoms. The first-order chi connectivity index (χ1) is 37.5. The third-order valence-corrected chi connectivity index (χ3v) is 14.6. The fraction of sp³-hybridized carbons (Fsp3) is 0.429. The van der Waals surface area contributed by atoms with Crippen LogP contribution in [0, 0.1) is 12.1 Å². The molecule has 90 heavy (non-hydrogen) atoms. The first kappa shape index (κ1) is 122. The van der Waals surface area contributed by atoms with Crippen LogP contribution in [-0.4, -0.2) is 156 Å². The molecule has 24 nitrogen and oxygen atoms in total. The Morgan fingerprint density at radius 1 is 0.400 bits per heavy atom. The summed E-state index contributed by atoms with van der Waals surface area (Å²) >= 11 is 43.8. The van der Waals surface area contributed by atoms with Gasteiger partial charge in [-0.25, -0.2) is 33.7 Å². The van der Waals surface area contributed by atoms with Crippen LogP contribution in [0.1, 0.15) is 52.3 Å². The maximum Gasteiger partial charge on any atom is 1.00 e. The summed E-state index contributed by atoms with van der Waals surface area (Å²) in [7, 11) is -34.3. The Kier molecular flexibility index (Phi) is 90.0. The molecule has 0 heterocycles. The van der Waals surface area contributed by atoms with Crippen LogP contribution in [0.4, 0.5) is 0 Å². The second-order valence-corrected chi connectivity index (χ2v) is 26.5. The van der Waals surface area contributed by atoms with Gasteiger partial charge < -0.3 is 27.3 Å². The van der Waals surface area contributed by atoms with Crippen LogP contribution in [0.5, 0.6) is 0 Å². The normalized spacial score (nSPS) is 10.1. The van der Waals surface area contributed by atoms with Crippen LogP contribution in [-0.2, 0) is 127 Å². The summed E-state index contributed by atoms with van der Waals surface area (Å²) in [6.07, 6.45) is 3.55. The number of hydrogen-bond acceptors (Lipinski definition) is 24. The number of aryl methyl sites for hydroxylation is 7. The molecule has 0 saturated heterocycles. The molecule has 0 saturated carbocycles. The molecule has 4 rings (SSSR count). The van der Waals surface area contributed by atoms with Gasteiger partial charge in [-0.3, -0.25) is 16.8 Å². The summed E-state index contributed by atoms with van der Waals surface area (Å²) in [6, 6.07) is 20.8. The fourth-order valence-electron chi connectivity index (χ4n) is 5.40. The third-order valence-electron chi connectivity index (χ3n) is 8.36. The van der Waals surface area contributed by atoms with E-state index in [2.05, 4.69) is 24.3 Å². The van der Waals surface area contributed by atoms with E-state index in [4.69, 9.17) is 131 Å². The van der Waals surface area contributed by atoms with Gasteiger partial charge in [0.25, 0.3) is 0 Å². The largest absolute Gasteiger partial charge is 1.00 e. The van der Waals surface area contributed by atoms with E-state index in [0.29, 0.717) is 54.1 Å². The quantitative estimate of drug-likeness (QED) is 0.0343. The van der Waals surface area contributed by atoms with E-state index in [9.17, 15) is 64.9 Å². The van der Waals surface area contributed by atoms with Crippen LogP contribution in [0.15, 0.2) is 85.1 Å². The van der Waals surface area contributed by atoms with Crippen molar-refractivity contribution in [2.75, 3.05) is 53.3 Å². The molecule has 0 unspecified atom stereocenters. The fourth-order valence-corrected chi connectivity index (χ4v) is 10.6. The summed E-state index contributed by atoms with van der Waals surface area (Å²) in [6.45, 7) is 2.05. The first-order valence-corrected chi connectivity index (χ1v) is 36.7. The number of hydrogen-bond donors (Lipinski definition) is 0. The number of benzene rings is 4. The summed E-state index contributed by atoms with van der Waals surface area (Å²) < 4.78 is 245. The smallest absolute Gasteiger partial charge is 0.754 e. The van der Waals surface area contributed by atoms with Crippen molar-refractivity contribution in [2.45, 2.75) is 82.8 Å². The van der Waals surface area contributed by atoms with Gasteiger partial charge in [0, 0.05) is 53.3 Å². The number of rotatable bonds is 20. The molecule has 0 N–H and O–H groups in total. The van der Waals surface area contributed by atoms with E-state index in [0.717, 1.165) is 18.7 Å². The topological polar surface area (TPSA) is 446 Å². The van der Waals surface area contributed by atoms with Gasteiger partial charge in [-0.15, -0.1) is 147 Å². The van der Waals surface area contributed by atoms with Gasteiger partial charge in [0.15, 0.2) is 0 Å². The summed E-state index contributed by atoms with van der Waals surface area (Å²) in [5, 5.41) is 0. The molecule has 0 aliphatic rings. The van der Waals surface area contributed by atoms with Crippen molar-refractivity contribution < 1.29 is 329 Å². The van der Waals surface area contributed by atoms with Gasteiger partial charge in [0.1, 0.15) is 30.4 Å². The molecule has 0 aliphatic heterocycles. The molecule has 0 aliphatic carbocycles. The second kappa shape index (κ2) is 66.3. The van der Waals surface area contributed by atoms with E-state index in [1.165, 1.54) is 23.8 Å². The van der Waals surface area contributed by atoms with E-state index in [1.807, 2.05) is 25.1 Å². The standard InChI is InChI=1S/C10H12Cl2O6S2.C10H11Cl2O6S2.C10H11Cl2O3S.C8H9Cl.C3H7Cl.CH4O3S.K.3Li.4Na.2O3S/c2*11-3-1-7-5-8(2-4-12)10(20(16,17)18)6-9(7)19(13,14)15;11-5-3-8-1-2-9(4-6-12)10(7-8)16(13,14)15;9-7-6-8-4-2-1-3-5-8;1-2-3-4;1-5(2,3)4;;;;;;;;;2*1-4(2)3/h5-6H,1-4H2,(H,13,14,15)(H,16,17,18);6H,1-4H2,(H,13,14,15)(H,16,17,18);2,7H,3-6H2,(H,13,14,15);1-5H,6-7H2;2-3H2,1H3;1H3,(H,2,3,4);;;;;;;;;;/q;2*-1;;;;8*+1;;/p-6. The minimum atomic E-state index is -4.95. The molecule has 0 fully saturated rings. The van der Waals surface area contributed by atoms with Gasteiger partial charge >= 0.3 is 247 Å². The summed E-state index contributed by atoms with van der Waals surface area (Å²) in [4.78, 5) is -3.30. The molecule has 4 aromatic carbocycles. The molecule has 0 atom stereocenters. The minimum absolute atomic E-state index is 0. The van der Waals surface area contributed by atoms with Gasteiger partial charge in [-0.1, -0.05) is 54.6 Å². The average Bonchev–Trinajstić information content (AvgIpc) is 3.31. The van der Waals surface area contributed by atoms with E-state index in [1.54, 1.807) is 0 Å². The molecule has 4 aromatic rings. The van der Waals surface area contributed by atoms with Gasteiger partial charge in [-0.05, 0) is 77.5 Å². The van der Waals surface area contributed by atoms with Crippen molar-refractivity contribution in [1.29, 1.82) is 0 Å². The SMILES string of the molecule is CCCCl.CS(=O)(=O)[O-].ClCCc1ccccc1.O=S(=O)([O-])c1cc(CCCl)[c-]cc1CCCl.O=S(=O)([O-])c1cc(S(=O)(=O)[O-])c(CCCl)[c-]c1CCCl.O=S(=O)([O-])c1cc(S(=O)(=O)[O-])c(CCCl)cc1CCCl.O=S(=O)=O.O=S(=O)=O.[K+].[Li+].[Li+].[Li+].[Na+].[Na+].[Na+].[Na+]. The molecular weight excluding hydrogens is 1580 g/mol. The Balaban J connectivity index is -0.0000000819. The van der Waals surface area contributed by atoms with Crippen molar-refractivity contribution in [3.05, 3.63) is 112 Å².